The van der Waals surface area contributed by atoms with Crippen LogP contribution in [-0.2, 0) is 9.47 Å². The SMILES string of the molecule is C[C@@]1(Cl)OC(=O)O[C@@]1(C)Cl. The van der Waals surface area contributed by atoms with Gasteiger partial charge in [-0.3, -0.25) is 0 Å². The van der Waals surface area contributed by atoms with Crippen molar-refractivity contribution in [1.29, 1.82) is 0 Å². The number of alkyl halides is 2. The summed E-state index contributed by atoms with van der Waals surface area (Å²) in [7, 11) is 0. The van der Waals surface area contributed by atoms with Gasteiger partial charge >= 0.3 is 6.16 Å². The molecule has 0 aliphatic carbocycles. The van der Waals surface area contributed by atoms with Gasteiger partial charge in [-0.25, -0.2) is 4.79 Å². The van der Waals surface area contributed by atoms with Crippen LogP contribution in [0.25, 0.3) is 0 Å². The zero-order valence-electron chi connectivity index (χ0n) is 5.48. The number of carbonyl (C=O) groups is 1. The van der Waals surface area contributed by atoms with Gasteiger partial charge < -0.3 is 9.47 Å². The second-order valence-corrected chi connectivity index (χ2v) is 3.73. The van der Waals surface area contributed by atoms with E-state index in [1.807, 2.05) is 0 Å². The summed E-state index contributed by atoms with van der Waals surface area (Å²) >= 11 is 11.3. The predicted molar refractivity (Wildman–Crippen MR) is 36.1 cm³/mol. The van der Waals surface area contributed by atoms with Gasteiger partial charge in [-0.05, 0) is 13.8 Å². The number of halogens is 2. The van der Waals surface area contributed by atoms with Crippen molar-refractivity contribution in [3.8, 4) is 0 Å². The third-order valence-electron chi connectivity index (χ3n) is 1.35. The fraction of sp³-hybridized carbons (Fsp3) is 0.800. The Kier molecular flexibility index (Phi) is 1.53. The molecular formula is C5H6Cl2O3. The van der Waals surface area contributed by atoms with Gasteiger partial charge in [0.2, 0.25) is 10.1 Å². The predicted octanol–water partition coefficient (Wildman–Crippen LogP) is 2.06. The molecule has 1 fully saturated rings. The van der Waals surface area contributed by atoms with Crippen LogP contribution in [0.2, 0.25) is 0 Å². The highest BCUT2D eigenvalue weighted by atomic mass is 35.5. The summed E-state index contributed by atoms with van der Waals surface area (Å²) in [5.41, 5.74) is 0. The molecule has 0 aromatic heterocycles. The molecule has 1 aliphatic heterocycles. The average molecular weight is 185 g/mol. The maximum Gasteiger partial charge on any atom is 0.512 e. The van der Waals surface area contributed by atoms with Crippen molar-refractivity contribution in [2.24, 2.45) is 0 Å². The lowest BCUT2D eigenvalue weighted by atomic mass is 10.2. The second kappa shape index (κ2) is 1.92. The molecule has 3 nitrogen and oxygen atoms in total. The Labute approximate surface area is 68.2 Å². The molecule has 0 aromatic rings. The Morgan fingerprint density at radius 2 is 1.50 bits per heavy atom. The van der Waals surface area contributed by atoms with Crippen LogP contribution in [0.5, 0.6) is 0 Å². The van der Waals surface area contributed by atoms with Crippen LogP contribution in [0.4, 0.5) is 4.79 Å². The largest absolute Gasteiger partial charge is 0.512 e. The maximum absolute atomic E-state index is 10.5. The first-order chi connectivity index (χ1) is 4.35. The quantitative estimate of drug-likeness (QED) is 0.428. The Hall–Kier alpha value is -0.150. The Morgan fingerprint density at radius 1 is 1.20 bits per heavy atom. The first-order valence-electron chi connectivity index (χ1n) is 2.65. The fourth-order valence-corrected chi connectivity index (χ4v) is 0.719. The van der Waals surface area contributed by atoms with Crippen molar-refractivity contribution in [1.82, 2.24) is 0 Å². The summed E-state index contributed by atoms with van der Waals surface area (Å²) in [5, 5.41) is -2.54. The molecule has 0 radical (unpaired) electrons. The van der Waals surface area contributed by atoms with Gasteiger partial charge in [0.1, 0.15) is 0 Å². The van der Waals surface area contributed by atoms with E-state index in [-0.39, 0.29) is 0 Å². The zero-order valence-corrected chi connectivity index (χ0v) is 6.99. The Bertz CT molecular complexity index is 158. The van der Waals surface area contributed by atoms with E-state index in [0.29, 0.717) is 0 Å². The number of ether oxygens (including phenoxy) is 2. The van der Waals surface area contributed by atoms with Gasteiger partial charge in [-0.2, -0.15) is 0 Å². The molecule has 0 N–H and O–H groups in total. The third-order valence-corrected chi connectivity index (χ3v) is 2.32. The van der Waals surface area contributed by atoms with E-state index in [0.717, 1.165) is 0 Å². The summed E-state index contributed by atoms with van der Waals surface area (Å²) in [6.07, 6.45) is -0.838. The highest BCUT2D eigenvalue weighted by Crippen LogP contribution is 2.42. The monoisotopic (exact) mass is 184 g/mol. The lowest BCUT2D eigenvalue weighted by Crippen LogP contribution is -2.36. The fourth-order valence-electron chi connectivity index (χ4n) is 0.516. The van der Waals surface area contributed by atoms with Gasteiger partial charge in [0.05, 0.1) is 0 Å². The van der Waals surface area contributed by atoms with Crippen LogP contribution in [0.1, 0.15) is 13.8 Å². The summed E-state index contributed by atoms with van der Waals surface area (Å²) in [5.74, 6) is 0. The van der Waals surface area contributed by atoms with Crippen molar-refractivity contribution in [3.63, 3.8) is 0 Å². The van der Waals surface area contributed by atoms with E-state index in [9.17, 15) is 4.79 Å². The summed E-state index contributed by atoms with van der Waals surface area (Å²) in [4.78, 5) is 10.5. The lowest BCUT2D eigenvalue weighted by molar-refractivity contribution is 0.112. The minimum absolute atomic E-state index is 0.838. The van der Waals surface area contributed by atoms with E-state index in [4.69, 9.17) is 23.2 Å². The highest BCUT2D eigenvalue weighted by Gasteiger charge is 2.55. The Morgan fingerprint density at radius 3 is 1.60 bits per heavy atom. The first kappa shape index (κ1) is 7.95. The van der Waals surface area contributed by atoms with Crippen LogP contribution in [0, 0.1) is 0 Å². The van der Waals surface area contributed by atoms with Crippen molar-refractivity contribution in [3.05, 3.63) is 0 Å². The van der Waals surface area contributed by atoms with Crippen molar-refractivity contribution >= 4 is 29.4 Å². The standard InChI is InChI=1S/C5H6Cl2O3/c1-4(6)5(2,7)10-3(8)9-4/h1-2H3/t4-,5-/m1/s1. The molecule has 1 rings (SSSR count). The molecule has 10 heavy (non-hydrogen) atoms. The number of cyclic esters (lactones) is 2. The molecule has 1 saturated heterocycles. The molecule has 0 unspecified atom stereocenters. The molecule has 1 heterocycles. The molecule has 0 aromatic carbocycles. The van der Waals surface area contributed by atoms with E-state index in [2.05, 4.69) is 9.47 Å². The van der Waals surface area contributed by atoms with E-state index in [1.165, 1.54) is 13.8 Å². The molecule has 0 spiro atoms. The van der Waals surface area contributed by atoms with Crippen molar-refractivity contribution in [2.75, 3.05) is 0 Å². The van der Waals surface area contributed by atoms with E-state index >= 15 is 0 Å². The van der Waals surface area contributed by atoms with E-state index in [1.54, 1.807) is 0 Å². The smallest absolute Gasteiger partial charge is 0.406 e. The second-order valence-electron chi connectivity index (χ2n) is 2.29. The van der Waals surface area contributed by atoms with Crippen LogP contribution in [-0.4, -0.2) is 16.3 Å². The molecular weight excluding hydrogens is 179 g/mol. The van der Waals surface area contributed by atoms with Crippen LogP contribution < -0.4 is 0 Å². The van der Waals surface area contributed by atoms with Gasteiger partial charge in [-0.15, -0.1) is 0 Å². The van der Waals surface area contributed by atoms with Crippen LogP contribution in [0.3, 0.4) is 0 Å². The molecule has 0 bridgehead atoms. The van der Waals surface area contributed by atoms with Crippen molar-refractivity contribution < 1.29 is 14.3 Å². The molecule has 58 valence electrons. The normalized spacial score (nSPS) is 46.6. The molecule has 0 saturated carbocycles. The van der Waals surface area contributed by atoms with Gasteiger partial charge in [0.15, 0.2) is 0 Å². The summed E-state index contributed by atoms with van der Waals surface area (Å²) < 4.78 is 9.07. The van der Waals surface area contributed by atoms with Gasteiger partial charge in [0.25, 0.3) is 0 Å². The third kappa shape index (κ3) is 1.04. The van der Waals surface area contributed by atoms with Gasteiger partial charge in [0, 0.05) is 0 Å². The molecule has 0 amide bonds. The summed E-state index contributed by atoms with van der Waals surface area (Å²) in [6, 6.07) is 0. The number of rotatable bonds is 0. The number of hydrogen-bond donors (Lipinski definition) is 0. The van der Waals surface area contributed by atoms with Crippen molar-refractivity contribution in [2.45, 2.75) is 24.0 Å². The average Bonchev–Trinajstić information content (AvgIpc) is 1.73. The molecule has 2 atom stereocenters. The zero-order chi connectivity index (χ0) is 7.99. The first-order valence-corrected chi connectivity index (χ1v) is 3.40. The van der Waals surface area contributed by atoms with Crippen LogP contribution >= 0.6 is 23.2 Å². The van der Waals surface area contributed by atoms with E-state index < -0.39 is 16.3 Å². The minimum atomic E-state index is -1.27. The molecule has 5 heteroatoms. The highest BCUT2D eigenvalue weighted by molar-refractivity contribution is 6.34. The summed E-state index contributed by atoms with van der Waals surface area (Å²) in [6.45, 7) is 2.93. The number of carbonyl (C=O) groups excluding carboxylic acids is 1. The molecule has 1 aliphatic rings. The number of hydrogen-bond acceptors (Lipinski definition) is 3. The maximum atomic E-state index is 10.5. The topological polar surface area (TPSA) is 35.5 Å². The minimum Gasteiger partial charge on any atom is -0.406 e. The van der Waals surface area contributed by atoms with Gasteiger partial charge in [-0.1, -0.05) is 23.2 Å². The lowest BCUT2D eigenvalue weighted by Gasteiger charge is -2.22. The van der Waals surface area contributed by atoms with Crippen LogP contribution in [0.15, 0.2) is 0 Å². The Balaban J connectivity index is 2.88.